The first-order valence-electron chi connectivity index (χ1n) is 5.98. The molecule has 1 N–H and O–H groups in total. The number of benzene rings is 1. The van der Waals surface area contributed by atoms with Gasteiger partial charge in [0.05, 0.1) is 5.69 Å². The number of hydrogen-bond acceptors (Lipinski definition) is 2. The van der Waals surface area contributed by atoms with Crippen molar-refractivity contribution in [1.82, 2.24) is 14.8 Å². The van der Waals surface area contributed by atoms with E-state index in [1.54, 1.807) is 0 Å². The molecule has 0 bridgehead atoms. The molecule has 2 rings (SSSR count). The zero-order valence-corrected chi connectivity index (χ0v) is 13.2. The maximum atomic E-state index is 5.32. The van der Waals surface area contributed by atoms with Crippen LogP contribution in [0.1, 0.15) is 30.3 Å². The number of halogens is 1. The van der Waals surface area contributed by atoms with E-state index in [-0.39, 0.29) is 0 Å². The summed E-state index contributed by atoms with van der Waals surface area (Å²) in [6, 6.07) is 4.25. The summed E-state index contributed by atoms with van der Waals surface area (Å²) in [4.78, 5) is 0. The van der Waals surface area contributed by atoms with E-state index in [1.165, 1.54) is 11.1 Å². The number of aromatic nitrogens is 3. The van der Waals surface area contributed by atoms with Crippen molar-refractivity contribution in [2.75, 3.05) is 0 Å². The Balaban J connectivity index is 2.62. The number of hydrogen-bond donors (Lipinski definition) is 1. The molecule has 0 saturated carbocycles. The number of H-pyrrole nitrogens is 1. The van der Waals surface area contributed by atoms with Crippen LogP contribution in [0.25, 0.3) is 5.69 Å². The lowest BCUT2D eigenvalue weighted by molar-refractivity contribution is 0.800. The first-order valence-corrected chi connectivity index (χ1v) is 7.18. The van der Waals surface area contributed by atoms with Crippen LogP contribution in [0.5, 0.6) is 0 Å². The maximum Gasteiger partial charge on any atom is 0.199 e. The highest BCUT2D eigenvalue weighted by Gasteiger charge is 2.10. The first kappa shape index (κ1) is 13.5. The highest BCUT2D eigenvalue weighted by Crippen LogP contribution is 2.25. The van der Waals surface area contributed by atoms with Gasteiger partial charge < -0.3 is 0 Å². The largest absolute Gasteiger partial charge is 0.272 e. The monoisotopic (exact) mass is 325 g/mol. The summed E-state index contributed by atoms with van der Waals surface area (Å²) < 4.78 is 3.82. The number of rotatable bonds is 3. The summed E-state index contributed by atoms with van der Waals surface area (Å²) in [7, 11) is 0. The van der Waals surface area contributed by atoms with Crippen LogP contribution >= 0.6 is 28.1 Å². The van der Waals surface area contributed by atoms with E-state index in [2.05, 4.69) is 59.0 Å². The molecule has 0 saturated heterocycles. The zero-order valence-electron chi connectivity index (χ0n) is 10.7. The molecule has 1 heterocycles. The van der Waals surface area contributed by atoms with Crippen molar-refractivity contribution in [2.45, 2.75) is 33.6 Å². The molecular formula is C13H16BrN3S. The van der Waals surface area contributed by atoms with Gasteiger partial charge in [0.1, 0.15) is 5.82 Å². The van der Waals surface area contributed by atoms with E-state index in [4.69, 9.17) is 12.2 Å². The van der Waals surface area contributed by atoms with Crippen LogP contribution in [0.2, 0.25) is 0 Å². The molecule has 0 amide bonds. The van der Waals surface area contributed by atoms with Gasteiger partial charge in [-0.2, -0.15) is 5.10 Å². The van der Waals surface area contributed by atoms with Gasteiger partial charge in [-0.25, -0.2) is 0 Å². The Bertz CT molecular complexity index is 604. The number of aryl methyl sites for hydroxylation is 3. The normalized spacial score (nSPS) is 10.9. The molecule has 0 unspecified atom stereocenters. The molecule has 18 heavy (non-hydrogen) atoms. The summed E-state index contributed by atoms with van der Waals surface area (Å²) in [6.45, 7) is 6.31. The van der Waals surface area contributed by atoms with Gasteiger partial charge in [0.25, 0.3) is 0 Å². The lowest BCUT2D eigenvalue weighted by Crippen LogP contribution is -2.02. The average molecular weight is 326 g/mol. The summed E-state index contributed by atoms with van der Waals surface area (Å²) in [6.07, 6.45) is 1.97. The van der Waals surface area contributed by atoms with E-state index in [0.29, 0.717) is 4.77 Å². The molecule has 3 nitrogen and oxygen atoms in total. The van der Waals surface area contributed by atoms with Gasteiger partial charge in [-0.05, 0) is 55.7 Å². The smallest absolute Gasteiger partial charge is 0.199 e. The third-order valence-electron chi connectivity index (χ3n) is 2.89. The molecule has 1 aromatic heterocycles. The molecule has 1 aromatic carbocycles. The van der Waals surface area contributed by atoms with Gasteiger partial charge in [0.2, 0.25) is 0 Å². The SMILES string of the molecule is CCCc1n[nH]c(=S)n1-c1cc(C)c(Br)c(C)c1. The van der Waals surface area contributed by atoms with Crippen LogP contribution in [0.4, 0.5) is 0 Å². The fourth-order valence-corrected chi connectivity index (χ4v) is 2.52. The minimum atomic E-state index is 0.652. The molecule has 0 radical (unpaired) electrons. The molecular weight excluding hydrogens is 310 g/mol. The summed E-state index contributed by atoms with van der Waals surface area (Å²) in [5, 5.41) is 7.18. The third kappa shape index (κ3) is 2.42. The Labute approximate surface area is 120 Å². The predicted molar refractivity (Wildman–Crippen MR) is 79.9 cm³/mol. The maximum absolute atomic E-state index is 5.32. The Morgan fingerprint density at radius 1 is 1.33 bits per heavy atom. The summed E-state index contributed by atoms with van der Waals surface area (Å²) >= 11 is 8.91. The van der Waals surface area contributed by atoms with Gasteiger partial charge in [-0.1, -0.05) is 22.9 Å². The van der Waals surface area contributed by atoms with Gasteiger partial charge >= 0.3 is 0 Å². The lowest BCUT2D eigenvalue weighted by Gasteiger charge is -2.10. The molecule has 2 aromatic rings. The Morgan fingerprint density at radius 3 is 2.50 bits per heavy atom. The molecule has 0 aliphatic heterocycles. The van der Waals surface area contributed by atoms with Gasteiger partial charge in [-0.15, -0.1) is 0 Å². The van der Waals surface area contributed by atoms with Crippen molar-refractivity contribution >= 4 is 28.1 Å². The van der Waals surface area contributed by atoms with E-state index in [0.717, 1.165) is 28.8 Å². The van der Waals surface area contributed by atoms with Crippen molar-refractivity contribution in [2.24, 2.45) is 0 Å². The second kappa shape index (κ2) is 5.36. The van der Waals surface area contributed by atoms with E-state index >= 15 is 0 Å². The Morgan fingerprint density at radius 2 is 1.94 bits per heavy atom. The second-order valence-electron chi connectivity index (χ2n) is 4.42. The predicted octanol–water partition coefficient (Wildman–Crippen LogP) is 4.26. The topological polar surface area (TPSA) is 33.6 Å². The molecule has 0 aliphatic carbocycles. The van der Waals surface area contributed by atoms with Crippen molar-refractivity contribution in [3.63, 3.8) is 0 Å². The van der Waals surface area contributed by atoms with Crippen LogP contribution in [0, 0.1) is 18.6 Å². The Hall–Kier alpha value is -0.940. The van der Waals surface area contributed by atoms with Gasteiger partial charge in [0.15, 0.2) is 4.77 Å². The van der Waals surface area contributed by atoms with Crippen molar-refractivity contribution < 1.29 is 0 Å². The quantitative estimate of drug-likeness (QED) is 0.855. The molecule has 0 atom stereocenters. The average Bonchev–Trinajstić information content (AvgIpc) is 2.67. The highest BCUT2D eigenvalue weighted by molar-refractivity contribution is 9.10. The second-order valence-corrected chi connectivity index (χ2v) is 5.60. The van der Waals surface area contributed by atoms with Crippen LogP contribution in [-0.4, -0.2) is 14.8 Å². The molecule has 96 valence electrons. The van der Waals surface area contributed by atoms with Crippen LogP contribution in [-0.2, 0) is 6.42 Å². The lowest BCUT2D eigenvalue weighted by atomic mass is 10.1. The van der Waals surface area contributed by atoms with Crippen molar-refractivity contribution in [1.29, 1.82) is 0 Å². The fraction of sp³-hybridized carbons (Fsp3) is 0.385. The summed E-state index contributed by atoms with van der Waals surface area (Å²) in [5.41, 5.74) is 3.49. The van der Waals surface area contributed by atoms with Crippen molar-refractivity contribution in [3.05, 3.63) is 38.3 Å². The van der Waals surface area contributed by atoms with Crippen LogP contribution < -0.4 is 0 Å². The van der Waals surface area contributed by atoms with Crippen LogP contribution in [0.3, 0.4) is 0 Å². The molecule has 5 heteroatoms. The minimum absolute atomic E-state index is 0.652. The Kier molecular flexibility index (Phi) is 4.02. The van der Waals surface area contributed by atoms with Crippen molar-refractivity contribution in [3.8, 4) is 5.69 Å². The minimum Gasteiger partial charge on any atom is -0.272 e. The fourth-order valence-electron chi connectivity index (χ4n) is 2.04. The highest BCUT2D eigenvalue weighted by atomic mass is 79.9. The van der Waals surface area contributed by atoms with Crippen LogP contribution in [0.15, 0.2) is 16.6 Å². The number of nitrogens with zero attached hydrogens (tertiary/aromatic N) is 2. The standard InChI is InChI=1S/C13H16BrN3S/c1-4-5-11-15-16-13(18)17(11)10-6-8(2)12(14)9(3)7-10/h6-7H,4-5H2,1-3H3,(H,16,18). The summed E-state index contributed by atoms with van der Waals surface area (Å²) in [5.74, 6) is 0.989. The zero-order chi connectivity index (χ0) is 13.3. The van der Waals surface area contributed by atoms with Gasteiger partial charge in [0, 0.05) is 10.9 Å². The number of aromatic amines is 1. The molecule has 0 spiro atoms. The van der Waals surface area contributed by atoms with E-state index in [9.17, 15) is 0 Å². The molecule has 0 fully saturated rings. The van der Waals surface area contributed by atoms with E-state index < -0.39 is 0 Å². The van der Waals surface area contributed by atoms with Gasteiger partial charge in [-0.3, -0.25) is 9.67 Å². The first-order chi connectivity index (χ1) is 8.54. The molecule has 0 aliphatic rings. The van der Waals surface area contributed by atoms with E-state index in [1.807, 2.05) is 4.57 Å². The number of nitrogens with one attached hydrogen (secondary N) is 1. The third-order valence-corrected chi connectivity index (χ3v) is 4.42.